The fourth-order valence-electron chi connectivity index (χ4n) is 2.33. The Labute approximate surface area is 154 Å². The van der Waals surface area contributed by atoms with Crippen molar-refractivity contribution in [1.29, 1.82) is 0 Å². The molecule has 0 aliphatic heterocycles. The van der Waals surface area contributed by atoms with Gasteiger partial charge in [-0.1, -0.05) is 35.8 Å². The van der Waals surface area contributed by atoms with Gasteiger partial charge >= 0.3 is 0 Å². The highest BCUT2D eigenvalue weighted by Crippen LogP contribution is 2.13. The Morgan fingerprint density at radius 1 is 0.500 bits per heavy atom. The number of benzene rings is 3. The summed E-state index contributed by atoms with van der Waals surface area (Å²) < 4.78 is 10.4. The van der Waals surface area contributed by atoms with Crippen LogP contribution in [0.25, 0.3) is 0 Å². The van der Waals surface area contributed by atoms with E-state index in [2.05, 4.69) is 23.7 Å². The number of hydrogen-bond donors (Lipinski definition) is 0. The summed E-state index contributed by atoms with van der Waals surface area (Å²) in [6.45, 7) is 0. The molecule has 126 valence electrons. The Kier molecular flexibility index (Phi) is 5.61. The van der Waals surface area contributed by atoms with E-state index in [1.54, 1.807) is 14.2 Å². The molecule has 0 N–H and O–H groups in total. The summed E-state index contributed by atoms with van der Waals surface area (Å²) in [6, 6.07) is 23.3. The molecule has 0 aliphatic carbocycles. The summed E-state index contributed by atoms with van der Waals surface area (Å²) in [7, 11) is 3.30. The van der Waals surface area contributed by atoms with Crippen molar-refractivity contribution in [1.82, 2.24) is 0 Å². The Morgan fingerprint density at radius 2 is 0.885 bits per heavy atom. The Morgan fingerprint density at radius 3 is 1.27 bits per heavy atom. The van der Waals surface area contributed by atoms with E-state index < -0.39 is 0 Å². The first-order chi connectivity index (χ1) is 12.8. The minimum absolute atomic E-state index is 0.806. The van der Waals surface area contributed by atoms with Gasteiger partial charge in [0.15, 0.2) is 0 Å². The van der Waals surface area contributed by atoms with E-state index in [1.165, 1.54) is 0 Å². The number of methoxy groups -OCH3 is 2. The maximum Gasteiger partial charge on any atom is 0.120 e. The summed E-state index contributed by atoms with van der Waals surface area (Å²) in [6.07, 6.45) is 0. The molecule has 0 atom stereocenters. The smallest absolute Gasteiger partial charge is 0.120 e. The van der Waals surface area contributed by atoms with Gasteiger partial charge in [-0.15, -0.1) is 0 Å². The van der Waals surface area contributed by atoms with Crippen molar-refractivity contribution in [3.8, 4) is 35.2 Å². The van der Waals surface area contributed by atoms with Crippen molar-refractivity contribution in [2.45, 2.75) is 0 Å². The van der Waals surface area contributed by atoms with Crippen molar-refractivity contribution in [3.05, 3.63) is 95.1 Å². The van der Waals surface area contributed by atoms with E-state index >= 15 is 0 Å². The van der Waals surface area contributed by atoms with Crippen LogP contribution < -0.4 is 9.47 Å². The summed E-state index contributed by atoms with van der Waals surface area (Å²) >= 11 is 0. The standard InChI is InChI=1S/C24H18O2/c1-25-23-7-3-5-21(17-23)15-13-19-9-11-20(12-10-19)14-16-22-6-4-8-24(18-22)26-2/h3-12,17-18H,1-2H3. The number of rotatable bonds is 2. The molecule has 2 nitrogen and oxygen atoms in total. The molecule has 0 saturated heterocycles. The lowest BCUT2D eigenvalue weighted by molar-refractivity contribution is 0.414. The van der Waals surface area contributed by atoms with Crippen molar-refractivity contribution in [2.75, 3.05) is 14.2 Å². The molecule has 0 saturated carbocycles. The third kappa shape index (κ3) is 4.69. The van der Waals surface area contributed by atoms with E-state index in [0.717, 1.165) is 33.8 Å². The largest absolute Gasteiger partial charge is 0.497 e. The molecule has 0 aliphatic rings. The molecular weight excluding hydrogens is 320 g/mol. The van der Waals surface area contributed by atoms with Crippen LogP contribution in [0, 0.1) is 23.7 Å². The van der Waals surface area contributed by atoms with Crippen LogP contribution in [0.3, 0.4) is 0 Å². The van der Waals surface area contributed by atoms with Crippen molar-refractivity contribution >= 4 is 0 Å². The molecule has 0 heterocycles. The highest BCUT2D eigenvalue weighted by atomic mass is 16.5. The van der Waals surface area contributed by atoms with Crippen LogP contribution in [-0.2, 0) is 0 Å². The van der Waals surface area contributed by atoms with Crippen LogP contribution in [0.4, 0.5) is 0 Å². The molecule has 0 aromatic heterocycles. The fourth-order valence-corrected chi connectivity index (χ4v) is 2.33. The molecule has 0 unspecified atom stereocenters. The first kappa shape index (κ1) is 17.2. The van der Waals surface area contributed by atoms with Crippen LogP contribution in [-0.4, -0.2) is 14.2 Å². The maximum atomic E-state index is 5.21. The molecule has 0 bridgehead atoms. The quantitative estimate of drug-likeness (QED) is 0.640. The second-order valence-corrected chi connectivity index (χ2v) is 5.54. The molecule has 0 amide bonds. The first-order valence-electron chi connectivity index (χ1n) is 8.19. The molecule has 3 aromatic rings. The lowest BCUT2D eigenvalue weighted by atomic mass is 10.1. The van der Waals surface area contributed by atoms with Gasteiger partial charge in [-0.3, -0.25) is 0 Å². The molecule has 3 rings (SSSR count). The van der Waals surface area contributed by atoms with Gasteiger partial charge in [0.05, 0.1) is 14.2 Å². The highest BCUT2D eigenvalue weighted by Gasteiger charge is 1.94. The molecule has 26 heavy (non-hydrogen) atoms. The molecule has 0 spiro atoms. The molecule has 0 radical (unpaired) electrons. The lowest BCUT2D eigenvalue weighted by Gasteiger charge is -1.98. The van der Waals surface area contributed by atoms with Crippen LogP contribution in [0.15, 0.2) is 72.8 Å². The number of ether oxygens (including phenoxy) is 2. The van der Waals surface area contributed by atoms with E-state index in [9.17, 15) is 0 Å². The van der Waals surface area contributed by atoms with Gasteiger partial charge in [-0.25, -0.2) is 0 Å². The van der Waals surface area contributed by atoms with Crippen LogP contribution in [0.5, 0.6) is 11.5 Å². The monoisotopic (exact) mass is 338 g/mol. The Hall–Kier alpha value is -3.62. The Balaban J connectivity index is 1.73. The van der Waals surface area contributed by atoms with Crippen molar-refractivity contribution in [3.63, 3.8) is 0 Å². The fraction of sp³-hybridized carbons (Fsp3) is 0.0833. The first-order valence-corrected chi connectivity index (χ1v) is 8.19. The van der Waals surface area contributed by atoms with Crippen molar-refractivity contribution < 1.29 is 9.47 Å². The third-order valence-corrected chi connectivity index (χ3v) is 3.73. The Bertz CT molecular complexity index is 925. The summed E-state index contributed by atoms with van der Waals surface area (Å²) in [4.78, 5) is 0. The van der Waals surface area contributed by atoms with E-state index in [4.69, 9.17) is 9.47 Å². The predicted octanol–water partition coefficient (Wildman–Crippen LogP) is 4.50. The molecule has 0 fully saturated rings. The second kappa shape index (κ2) is 8.47. The third-order valence-electron chi connectivity index (χ3n) is 3.73. The van der Waals surface area contributed by atoms with Gasteiger partial charge in [0.25, 0.3) is 0 Å². The minimum Gasteiger partial charge on any atom is -0.497 e. The zero-order chi connectivity index (χ0) is 18.2. The lowest BCUT2D eigenvalue weighted by Crippen LogP contribution is -1.83. The van der Waals surface area contributed by atoms with Gasteiger partial charge in [0.1, 0.15) is 11.5 Å². The van der Waals surface area contributed by atoms with Gasteiger partial charge < -0.3 is 9.47 Å². The normalized spacial score (nSPS) is 9.31. The van der Waals surface area contributed by atoms with E-state index in [1.807, 2.05) is 72.8 Å². The zero-order valence-corrected chi connectivity index (χ0v) is 14.7. The maximum absolute atomic E-state index is 5.21. The van der Waals surface area contributed by atoms with Crippen LogP contribution in [0.1, 0.15) is 22.3 Å². The summed E-state index contributed by atoms with van der Waals surface area (Å²) in [5, 5.41) is 0. The summed E-state index contributed by atoms with van der Waals surface area (Å²) in [5.74, 6) is 14.2. The average Bonchev–Trinajstić information content (AvgIpc) is 2.72. The SMILES string of the molecule is COc1cccc(C#Cc2ccc(C#Cc3cccc(OC)c3)cc2)c1. The molecule has 2 heteroatoms. The van der Waals surface area contributed by atoms with E-state index in [0.29, 0.717) is 0 Å². The van der Waals surface area contributed by atoms with Gasteiger partial charge in [0, 0.05) is 22.3 Å². The summed E-state index contributed by atoms with van der Waals surface area (Å²) in [5.41, 5.74) is 3.73. The van der Waals surface area contributed by atoms with Gasteiger partial charge in [-0.2, -0.15) is 0 Å². The van der Waals surface area contributed by atoms with Crippen LogP contribution >= 0.6 is 0 Å². The topological polar surface area (TPSA) is 18.5 Å². The van der Waals surface area contributed by atoms with Crippen molar-refractivity contribution in [2.24, 2.45) is 0 Å². The second-order valence-electron chi connectivity index (χ2n) is 5.54. The average molecular weight is 338 g/mol. The van der Waals surface area contributed by atoms with Gasteiger partial charge in [0.2, 0.25) is 0 Å². The molecule has 3 aromatic carbocycles. The highest BCUT2D eigenvalue weighted by molar-refractivity contribution is 5.49. The minimum atomic E-state index is 0.806. The van der Waals surface area contributed by atoms with Crippen LogP contribution in [0.2, 0.25) is 0 Å². The van der Waals surface area contributed by atoms with E-state index in [-0.39, 0.29) is 0 Å². The molecular formula is C24H18O2. The number of hydrogen-bond acceptors (Lipinski definition) is 2. The van der Waals surface area contributed by atoms with Gasteiger partial charge in [-0.05, 0) is 60.7 Å². The zero-order valence-electron chi connectivity index (χ0n) is 14.7. The predicted molar refractivity (Wildman–Crippen MR) is 104 cm³/mol.